The van der Waals surface area contributed by atoms with Gasteiger partial charge in [-0.25, -0.2) is 8.78 Å². The van der Waals surface area contributed by atoms with E-state index in [4.69, 9.17) is 15.2 Å². The van der Waals surface area contributed by atoms with Gasteiger partial charge in [0.2, 0.25) is 6.79 Å². The fraction of sp³-hybridized carbons (Fsp3) is 0.500. The number of alkyl halides is 2. The van der Waals surface area contributed by atoms with Crippen molar-refractivity contribution in [2.75, 3.05) is 13.3 Å². The Hall–Kier alpha value is -1.36. The van der Waals surface area contributed by atoms with E-state index in [2.05, 4.69) is 0 Å². The van der Waals surface area contributed by atoms with Gasteiger partial charge in [-0.2, -0.15) is 0 Å². The quantitative estimate of drug-likeness (QED) is 0.883. The molecule has 0 atom stereocenters. The van der Waals surface area contributed by atoms with Gasteiger partial charge in [0.05, 0.1) is 0 Å². The number of halogens is 2. The zero-order chi connectivity index (χ0) is 12.5. The molecule has 1 heterocycles. The Labute approximate surface area is 98.5 Å². The first-order valence-corrected chi connectivity index (χ1v) is 5.53. The third-order valence-electron chi connectivity index (χ3n) is 2.72. The second-order valence-electron chi connectivity index (χ2n) is 4.14. The van der Waals surface area contributed by atoms with E-state index in [1.165, 1.54) is 6.07 Å². The SMILES string of the molecule is CC(F)(F)c1cc2c(cc1CCCN)OCO2. The van der Waals surface area contributed by atoms with Crippen LogP contribution in [0.4, 0.5) is 8.78 Å². The minimum atomic E-state index is -2.88. The molecule has 0 saturated carbocycles. The highest BCUT2D eigenvalue weighted by atomic mass is 19.3. The molecule has 2 rings (SSSR count). The van der Waals surface area contributed by atoms with Crippen molar-refractivity contribution >= 4 is 0 Å². The van der Waals surface area contributed by atoms with E-state index in [0.29, 0.717) is 36.4 Å². The molecule has 0 spiro atoms. The molecule has 0 radical (unpaired) electrons. The topological polar surface area (TPSA) is 44.5 Å². The van der Waals surface area contributed by atoms with Crippen LogP contribution in [0.5, 0.6) is 11.5 Å². The summed E-state index contributed by atoms with van der Waals surface area (Å²) in [5.41, 5.74) is 5.98. The van der Waals surface area contributed by atoms with Gasteiger partial charge in [0.25, 0.3) is 5.92 Å². The van der Waals surface area contributed by atoms with Crippen molar-refractivity contribution in [1.82, 2.24) is 0 Å². The van der Waals surface area contributed by atoms with E-state index in [-0.39, 0.29) is 12.4 Å². The van der Waals surface area contributed by atoms with Crippen LogP contribution < -0.4 is 15.2 Å². The monoisotopic (exact) mass is 243 g/mol. The van der Waals surface area contributed by atoms with Crippen LogP contribution in [-0.2, 0) is 12.3 Å². The normalized spacial score (nSPS) is 14.1. The molecule has 0 saturated heterocycles. The highest BCUT2D eigenvalue weighted by Crippen LogP contribution is 2.40. The average Bonchev–Trinajstić information content (AvgIpc) is 2.70. The minimum absolute atomic E-state index is 0.00444. The fourth-order valence-corrected chi connectivity index (χ4v) is 1.89. The molecular formula is C12H15F2NO2. The zero-order valence-corrected chi connectivity index (χ0v) is 9.63. The summed E-state index contributed by atoms with van der Waals surface area (Å²) in [6.45, 7) is 1.45. The van der Waals surface area contributed by atoms with Gasteiger partial charge in [-0.1, -0.05) is 0 Å². The number of aryl methyl sites for hydroxylation is 1. The molecule has 0 amide bonds. The lowest BCUT2D eigenvalue weighted by molar-refractivity contribution is 0.0163. The third-order valence-corrected chi connectivity index (χ3v) is 2.72. The van der Waals surface area contributed by atoms with Crippen molar-refractivity contribution in [2.24, 2.45) is 5.73 Å². The van der Waals surface area contributed by atoms with E-state index < -0.39 is 5.92 Å². The van der Waals surface area contributed by atoms with Crippen LogP contribution >= 0.6 is 0 Å². The lowest BCUT2D eigenvalue weighted by Crippen LogP contribution is -2.12. The van der Waals surface area contributed by atoms with Crippen molar-refractivity contribution < 1.29 is 18.3 Å². The van der Waals surface area contributed by atoms with E-state index in [1.54, 1.807) is 6.07 Å². The molecular weight excluding hydrogens is 228 g/mol. The van der Waals surface area contributed by atoms with Gasteiger partial charge < -0.3 is 15.2 Å². The molecule has 0 fully saturated rings. The Morgan fingerprint density at radius 2 is 1.94 bits per heavy atom. The lowest BCUT2D eigenvalue weighted by atomic mass is 9.98. The molecule has 17 heavy (non-hydrogen) atoms. The number of fused-ring (bicyclic) bond motifs is 1. The first-order valence-electron chi connectivity index (χ1n) is 5.53. The number of benzene rings is 1. The summed E-state index contributed by atoms with van der Waals surface area (Å²) in [6, 6.07) is 3.00. The molecule has 94 valence electrons. The van der Waals surface area contributed by atoms with Gasteiger partial charge >= 0.3 is 0 Å². The molecule has 3 nitrogen and oxygen atoms in total. The molecule has 2 N–H and O–H groups in total. The summed E-state index contributed by atoms with van der Waals surface area (Å²) in [4.78, 5) is 0. The summed E-state index contributed by atoms with van der Waals surface area (Å²) < 4.78 is 37.3. The summed E-state index contributed by atoms with van der Waals surface area (Å²) in [7, 11) is 0. The first kappa shape index (κ1) is 12.1. The van der Waals surface area contributed by atoms with Crippen molar-refractivity contribution in [3.63, 3.8) is 0 Å². The van der Waals surface area contributed by atoms with E-state index >= 15 is 0 Å². The van der Waals surface area contributed by atoms with Crippen molar-refractivity contribution in [1.29, 1.82) is 0 Å². The fourth-order valence-electron chi connectivity index (χ4n) is 1.89. The van der Waals surface area contributed by atoms with Crippen LogP contribution in [0.3, 0.4) is 0 Å². The van der Waals surface area contributed by atoms with Gasteiger partial charge in [0.1, 0.15) is 0 Å². The lowest BCUT2D eigenvalue weighted by Gasteiger charge is -2.16. The molecule has 1 aliphatic heterocycles. The average molecular weight is 243 g/mol. The number of nitrogens with two attached hydrogens (primary N) is 1. The molecule has 0 aliphatic carbocycles. The summed E-state index contributed by atoms with van der Waals surface area (Å²) in [5, 5.41) is 0. The molecule has 0 unspecified atom stereocenters. The summed E-state index contributed by atoms with van der Waals surface area (Å²) in [6.07, 6.45) is 1.19. The Kier molecular flexibility index (Phi) is 3.19. The second kappa shape index (κ2) is 4.49. The Morgan fingerprint density at radius 3 is 2.53 bits per heavy atom. The maximum absolute atomic E-state index is 13.5. The van der Waals surface area contributed by atoms with Crippen LogP contribution in [-0.4, -0.2) is 13.3 Å². The summed E-state index contributed by atoms with van der Waals surface area (Å²) >= 11 is 0. The largest absolute Gasteiger partial charge is 0.454 e. The Bertz CT molecular complexity index is 416. The predicted molar refractivity (Wildman–Crippen MR) is 59.5 cm³/mol. The van der Waals surface area contributed by atoms with Crippen LogP contribution in [0.15, 0.2) is 12.1 Å². The van der Waals surface area contributed by atoms with Gasteiger partial charge in [0, 0.05) is 12.5 Å². The maximum atomic E-state index is 13.5. The Balaban J connectivity index is 2.40. The van der Waals surface area contributed by atoms with E-state index in [9.17, 15) is 8.78 Å². The van der Waals surface area contributed by atoms with Gasteiger partial charge in [0.15, 0.2) is 11.5 Å². The number of hydrogen-bond donors (Lipinski definition) is 1. The molecule has 0 aromatic heterocycles. The summed E-state index contributed by atoms with van der Waals surface area (Å²) in [5.74, 6) is -1.96. The van der Waals surface area contributed by atoms with Crippen LogP contribution in [0.1, 0.15) is 24.5 Å². The molecule has 0 bridgehead atoms. The predicted octanol–water partition coefficient (Wildman–Crippen LogP) is 2.42. The van der Waals surface area contributed by atoms with Crippen molar-refractivity contribution in [3.05, 3.63) is 23.3 Å². The van der Waals surface area contributed by atoms with Crippen molar-refractivity contribution in [3.8, 4) is 11.5 Å². The molecule has 1 aliphatic rings. The van der Waals surface area contributed by atoms with Crippen LogP contribution in [0, 0.1) is 0 Å². The van der Waals surface area contributed by atoms with Gasteiger partial charge in [-0.15, -0.1) is 0 Å². The second-order valence-corrected chi connectivity index (χ2v) is 4.14. The minimum Gasteiger partial charge on any atom is -0.454 e. The molecule has 1 aromatic rings. The maximum Gasteiger partial charge on any atom is 0.270 e. The number of hydrogen-bond acceptors (Lipinski definition) is 3. The molecule has 5 heteroatoms. The Morgan fingerprint density at radius 1 is 1.29 bits per heavy atom. The van der Waals surface area contributed by atoms with Crippen molar-refractivity contribution in [2.45, 2.75) is 25.7 Å². The van der Waals surface area contributed by atoms with E-state index in [0.717, 1.165) is 6.92 Å². The van der Waals surface area contributed by atoms with Crippen LogP contribution in [0.25, 0.3) is 0 Å². The molecule has 1 aromatic carbocycles. The standard InChI is InChI=1S/C12H15F2NO2/c1-12(13,14)9-6-11-10(16-7-17-11)5-8(9)3-2-4-15/h5-6H,2-4,7,15H2,1H3. The number of ether oxygens (including phenoxy) is 2. The van der Waals surface area contributed by atoms with Gasteiger partial charge in [-0.3, -0.25) is 0 Å². The van der Waals surface area contributed by atoms with E-state index in [1.807, 2.05) is 0 Å². The highest BCUT2D eigenvalue weighted by molar-refractivity contribution is 5.50. The van der Waals surface area contributed by atoms with Crippen LogP contribution in [0.2, 0.25) is 0 Å². The first-order chi connectivity index (χ1) is 8.02. The number of rotatable bonds is 4. The van der Waals surface area contributed by atoms with Gasteiger partial charge in [-0.05, 0) is 37.1 Å². The third kappa shape index (κ3) is 2.49. The zero-order valence-electron chi connectivity index (χ0n) is 9.63. The smallest absolute Gasteiger partial charge is 0.270 e. The highest BCUT2D eigenvalue weighted by Gasteiger charge is 2.30.